The van der Waals surface area contributed by atoms with Crippen molar-refractivity contribution in [2.24, 2.45) is 4.99 Å². The molecule has 1 aliphatic rings. The molecule has 164 valence electrons. The summed E-state index contributed by atoms with van der Waals surface area (Å²) in [5.74, 6) is -0.866. The number of ether oxygens (including phenoxy) is 1. The van der Waals surface area contributed by atoms with Crippen LogP contribution < -0.4 is 14.9 Å². The summed E-state index contributed by atoms with van der Waals surface area (Å²) < 4.78 is 31.6. The number of nitrogens with one attached hydrogen (secondary N) is 2. The van der Waals surface area contributed by atoms with Crippen LogP contribution in [0.3, 0.4) is 0 Å². The van der Waals surface area contributed by atoms with Gasteiger partial charge in [0, 0.05) is 31.0 Å². The third-order valence-corrected chi connectivity index (χ3v) is 5.97. The molecular weight excluding hydrogens is 420 g/mol. The lowest BCUT2D eigenvalue weighted by molar-refractivity contribution is -0.152. The minimum atomic E-state index is -3.63. The van der Waals surface area contributed by atoms with Crippen molar-refractivity contribution in [3.8, 4) is 0 Å². The molecule has 9 nitrogen and oxygen atoms in total. The number of aliphatic imine (C=N–C) groups is 1. The number of carbonyl (C=O) groups excluding carboxylic acids is 2. The molecule has 2 aromatic rings. The summed E-state index contributed by atoms with van der Waals surface area (Å²) in [6.45, 7) is 1.50. The number of hydrogen-bond donors (Lipinski definition) is 2. The fraction of sp³-hybridized carbons (Fsp3) is 0.286. The average Bonchev–Trinajstić information content (AvgIpc) is 2.99. The molecular formula is C21H24N4O5S. The van der Waals surface area contributed by atoms with Gasteiger partial charge in [-0.15, -0.1) is 0 Å². The summed E-state index contributed by atoms with van der Waals surface area (Å²) in [6.07, 6.45) is -1.08. The Labute approximate surface area is 181 Å². The molecule has 0 saturated heterocycles. The third kappa shape index (κ3) is 5.40. The molecule has 3 rings (SSSR count). The maximum absolute atomic E-state index is 12.3. The molecule has 1 aliphatic heterocycles. The van der Waals surface area contributed by atoms with Gasteiger partial charge in [-0.05, 0) is 43.3 Å². The van der Waals surface area contributed by atoms with Crippen LogP contribution >= 0.6 is 0 Å². The van der Waals surface area contributed by atoms with Crippen LogP contribution in [0.2, 0.25) is 0 Å². The van der Waals surface area contributed by atoms with Crippen LogP contribution in [0.25, 0.3) is 0 Å². The number of anilines is 2. The van der Waals surface area contributed by atoms with E-state index in [0.717, 1.165) is 5.69 Å². The van der Waals surface area contributed by atoms with Crippen molar-refractivity contribution in [1.82, 2.24) is 4.72 Å². The van der Waals surface area contributed by atoms with Gasteiger partial charge in [-0.25, -0.2) is 8.42 Å². The van der Waals surface area contributed by atoms with Crippen LogP contribution in [0.4, 0.5) is 11.4 Å². The van der Waals surface area contributed by atoms with Crippen molar-refractivity contribution >= 4 is 39.1 Å². The average molecular weight is 445 g/mol. The van der Waals surface area contributed by atoms with E-state index in [0.29, 0.717) is 11.3 Å². The van der Waals surface area contributed by atoms with Crippen molar-refractivity contribution < 1.29 is 22.7 Å². The lowest BCUT2D eigenvalue weighted by Crippen LogP contribution is -2.30. The predicted molar refractivity (Wildman–Crippen MR) is 118 cm³/mol. The maximum Gasteiger partial charge on any atom is 0.308 e. The van der Waals surface area contributed by atoms with Gasteiger partial charge in [0.25, 0.3) is 15.9 Å². The second-order valence-corrected chi connectivity index (χ2v) is 8.80. The van der Waals surface area contributed by atoms with E-state index in [4.69, 9.17) is 4.74 Å². The van der Waals surface area contributed by atoms with Crippen LogP contribution in [0, 0.1) is 0 Å². The Balaban J connectivity index is 1.50. The Bertz CT molecular complexity index is 1110. The molecule has 0 aliphatic carbocycles. The van der Waals surface area contributed by atoms with Gasteiger partial charge in [-0.2, -0.15) is 0 Å². The van der Waals surface area contributed by atoms with Gasteiger partial charge in [0.2, 0.25) is 0 Å². The highest BCUT2D eigenvalue weighted by Gasteiger charge is 2.30. The SMILES string of the molecule is C[C@@H](OC(=O)CCN=C1NS(=O)(=O)c2ccccc21)C(=O)Nc1ccc(N(C)C)cc1. The number of rotatable bonds is 7. The van der Waals surface area contributed by atoms with Gasteiger partial charge >= 0.3 is 5.97 Å². The molecule has 0 spiro atoms. The van der Waals surface area contributed by atoms with Crippen molar-refractivity contribution in [3.63, 3.8) is 0 Å². The highest BCUT2D eigenvalue weighted by molar-refractivity contribution is 7.90. The molecule has 1 amide bonds. The van der Waals surface area contributed by atoms with Crippen LogP contribution in [0.5, 0.6) is 0 Å². The van der Waals surface area contributed by atoms with E-state index in [1.54, 1.807) is 30.3 Å². The molecule has 0 unspecified atom stereocenters. The standard InChI is InChI=1S/C21H24N4O5S/c1-14(21(27)23-15-8-10-16(11-9-15)25(2)3)30-19(26)12-13-22-20-17-6-4-5-7-18(17)31(28,29)24-20/h4-11,14H,12-13H2,1-3H3,(H,22,24)(H,23,27)/t14-/m1/s1. The molecule has 0 bridgehead atoms. The Kier molecular flexibility index (Phi) is 6.59. The first-order chi connectivity index (χ1) is 14.7. The van der Waals surface area contributed by atoms with E-state index in [2.05, 4.69) is 15.0 Å². The van der Waals surface area contributed by atoms with E-state index < -0.39 is 28.0 Å². The van der Waals surface area contributed by atoms with Gasteiger partial charge in [0.15, 0.2) is 6.10 Å². The van der Waals surface area contributed by atoms with Crippen molar-refractivity contribution in [3.05, 3.63) is 54.1 Å². The van der Waals surface area contributed by atoms with E-state index in [1.165, 1.54) is 13.0 Å². The first kappa shape index (κ1) is 22.3. The number of sulfonamides is 1. The van der Waals surface area contributed by atoms with Crippen LogP contribution in [0.1, 0.15) is 18.9 Å². The van der Waals surface area contributed by atoms with E-state index in [1.807, 2.05) is 31.1 Å². The molecule has 1 atom stereocenters. The zero-order valence-electron chi connectivity index (χ0n) is 17.5. The minimum Gasteiger partial charge on any atom is -0.452 e. The smallest absolute Gasteiger partial charge is 0.308 e. The molecule has 2 N–H and O–H groups in total. The van der Waals surface area contributed by atoms with Crippen molar-refractivity contribution in [2.45, 2.75) is 24.3 Å². The molecule has 0 fully saturated rings. The lowest BCUT2D eigenvalue weighted by Gasteiger charge is -2.15. The maximum atomic E-state index is 12.3. The van der Waals surface area contributed by atoms with E-state index in [-0.39, 0.29) is 23.7 Å². The fourth-order valence-electron chi connectivity index (χ4n) is 2.91. The molecule has 0 saturated carbocycles. The highest BCUT2D eigenvalue weighted by atomic mass is 32.2. The Morgan fingerprint density at radius 1 is 1.13 bits per heavy atom. The second-order valence-electron chi connectivity index (χ2n) is 7.14. The third-order valence-electron chi connectivity index (χ3n) is 4.58. The molecule has 31 heavy (non-hydrogen) atoms. The topological polar surface area (TPSA) is 117 Å². The van der Waals surface area contributed by atoms with Crippen LogP contribution in [-0.4, -0.2) is 52.9 Å². The number of esters is 1. The highest BCUT2D eigenvalue weighted by Crippen LogP contribution is 2.22. The zero-order chi connectivity index (χ0) is 22.6. The number of amidine groups is 1. The summed E-state index contributed by atoms with van der Waals surface area (Å²) in [4.78, 5) is 30.6. The monoisotopic (exact) mass is 444 g/mol. The number of fused-ring (bicyclic) bond motifs is 1. The Morgan fingerprint density at radius 2 is 1.81 bits per heavy atom. The van der Waals surface area contributed by atoms with Gasteiger partial charge in [-0.3, -0.25) is 19.3 Å². The Morgan fingerprint density at radius 3 is 2.48 bits per heavy atom. The normalized spacial score (nSPS) is 16.2. The summed E-state index contributed by atoms with van der Waals surface area (Å²) in [7, 11) is 0.208. The first-order valence-electron chi connectivity index (χ1n) is 9.62. The summed E-state index contributed by atoms with van der Waals surface area (Å²) in [6, 6.07) is 13.7. The summed E-state index contributed by atoms with van der Waals surface area (Å²) in [5.41, 5.74) is 2.05. The largest absolute Gasteiger partial charge is 0.452 e. The minimum absolute atomic E-state index is 0.0192. The van der Waals surface area contributed by atoms with Gasteiger partial charge in [-0.1, -0.05) is 12.1 Å². The van der Waals surface area contributed by atoms with Gasteiger partial charge < -0.3 is 15.0 Å². The molecule has 2 aromatic carbocycles. The summed E-state index contributed by atoms with van der Waals surface area (Å²) >= 11 is 0. The first-order valence-corrected chi connectivity index (χ1v) is 11.1. The quantitative estimate of drug-likeness (QED) is 0.629. The van der Waals surface area contributed by atoms with Crippen LogP contribution in [0.15, 0.2) is 58.4 Å². The predicted octanol–water partition coefficient (Wildman–Crippen LogP) is 1.75. The number of amides is 1. The van der Waals surface area contributed by atoms with Crippen molar-refractivity contribution in [1.29, 1.82) is 0 Å². The van der Waals surface area contributed by atoms with E-state index >= 15 is 0 Å². The second kappa shape index (κ2) is 9.17. The van der Waals surface area contributed by atoms with Crippen LogP contribution in [-0.2, 0) is 24.3 Å². The molecule has 0 radical (unpaired) electrons. The summed E-state index contributed by atoms with van der Waals surface area (Å²) in [5, 5.41) is 2.70. The number of hydrogen-bond acceptors (Lipinski definition) is 7. The molecule has 0 aromatic heterocycles. The zero-order valence-corrected chi connectivity index (χ0v) is 18.3. The van der Waals surface area contributed by atoms with Gasteiger partial charge in [0.1, 0.15) is 5.84 Å². The Hall–Kier alpha value is -3.40. The number of benzene rings is 2. The van der Waals surface area contributed by atoms with Crippen molar-refractivity contribution in [2.75, 3.05) is 30.9 Å². The molecule has 1 heterocycles. The van der Waals surface area contributed by atoms with Gasteiger partial charge in [0.05, 0.1) is 17.9 Å². The fourth-order valence-corrected chi connectivity index (χ4v) is 4.16. The number of nitrogens with zero attached hydrogens (tertiary/aromatic N) is 2. The van der Waals surface area contributed by atoms with E-state index in [9.17, 15) is 18.0 Å². The molecule has 10 heteroatoms. The number of carbonyl (C=O) groups is 2. The lowest BCUT2D eigenvalue weighted by atomic mass is 10.2.